The van der Waals surface area contributed by atoms with Crippen molar-refractivity contribution in [3.8, 4) is 33.3 Å². The van der Waals surface area contributed by atoms with Gasteiger partial charge in [0.1, 0.15) is 10.9 Å². The molecule has 2 aromatic carbocycles. The summed E-state index contributed by atoms with van der Waals surface area (Å²) in [5.74, 6) is 1.15. The number of amides is 1. The van der Waals surface area contributed by atoms with E-state index in [0.29, 0.717) is 18.0 Å². The zero-order valence-corrected chi connectivity index (χ0v) is 16.6. The molecule has 3 aromatic rings. The molecule has 140 valence electrons. The number of carbonyl (C=O) groups excluding carboxylic acids is 1. The van der Waals surface area contributed by atoms with E-state index in [4.69, 9.17) is 26.1 Å². The standard InChI is InChI=1S/C20H19ClN2O3S/c1-25-17-8-7-15(9-18(17)26-2)16-12-27-20(23-16)14-5-3-13(4-6-14)11-22-19(24)10-21/h3-9,12H,10-11H2,1-2H3,(H,22,24). The number of hydrogen-bond donors (Lipinski definition) is 1. The molecule has 0 fully saturated rings. The van der Waals surface area contributed by atoms with Gasteiger partial charge in [-0.1, -0.05) is 24.3 Å². The lowest BCUT2D eigenvalue weighted by Gasteiger charge is -2.08. The van der Waals surface area contributed by atoms with Gasteiger partial charge in [-0.05, 0) is 23.8 Å². The van der Waals surface area contributed by atoms with Gasteiger partial charge in [-0.2, -0.15) is 0 Å². The van der Waals surface area contributed by atoms with Crippen LogP contribution in [-0.4, -0.2) is 31.0 Å². The van der Waals surface area contributed by atoms with Gasteiger partial charge in [0.15, 0.2) is 11.5 Å². The van der Waals surface area contributed by atoms with Crippen molar-refractivity contribution in [2.45, 2.75) is 6.54 Å². The van der Waals surface area contributed by atoms with Crippen molar-refractivity contribution in [3.05, 3.63) is 53.4 Å². The Kier molecular flexibility index (Phi) is 6.32. The number of thiazole rings is 1. The number of nitrogens with one attached hydrogen (secondary N) is 1. The van der Waals surface area contributed by atoms with E-state index in [0.717, 1.165) is 27.4 Å². The minimum Gasteiger partial charge on any atom is -0.493 e. The van der Waals surface area contributed by atoms with E-state index >= 15 is 0 Å². The summed E-state index contributed by atoms with van der Waals surface area (Å²) in [6.07, 6.45) is 0. The highest BCUT2D eigenvalue weighted by atomic mass is 35.5. The highest BCUT2D eigenvalue weighted by Gasteiger charge is 2.10. The van der Waals surface area contributed by atoms with Crippen molar-refractivity contribution >= 4 is 28.8 Å². The molecule has 1 heterocycles. The van der Waals surface area contributed by atoms with E-state index in [2.05, 4.69) is 5.32 Å². The molecule has 1 N–H and O–H groups in total. The number of rotatable bonds is 7. The number of benzene rings is 2. The van der Waals surface area contributed by atoms with Crippen LogP contribution in [-0.2, 0) is 11.3 Å². The van der Waals surface area contributed by atoms with E-state index in [-0.39, 0.29) is 11.8 Å². The molecule has 0 unspecified atom stereocenters. The first-order valence-electron chi connectivity index (χ1n) is 8.24. The Balaban J connectivity index is 1.76. The van der Waals surface area contributed by atoms with Gasteiger partial charge in [0.25, 0.3) is 0 Å². The fourth-order valence-corrected chi connectivity index (χ4v) is 3.48. The van der Waals surface area contributed by atoms with Crippen LogP contribution in [0.5, 0.6) is 11.5 Å². The van der Waals surface area contributed by atoms with Crippen LogP contribution in [0, 0.1) is 0 Å². The second kappa shape index (κ2) is 8.88. The van der Waals surface area contributed by atoms with Gasteiger partial charge in [-0.3, -0.25) is 4.79 Å². The molecule has 7 heteroatoms. The molecule has 0 aliphatic rings. The van der Waals surface area contributed by atoms with E-state index < -0.39 is 0 Å². The molecule has 0 radical (unpaired) electrons. The first-order chi connectivity index (χ1) is 13.1. The molecule has 0 aliphatic carbocycles. The van der Waals surface area contributed by atoms with Crippen molar-refractivity contribution in [2.24, 2.45) is 0 Å². The quantitative estimate of drug-likeness (QED) is 0.597. The van der Waals surface area contributed by atoms with Crippen LogP contribution in [0.25, 0.3) is 21.8 Å². The summed E-state index contributed by atoms with van der Waals surface area (Å²) in [6, 6.07) is 13.7. The number of aromatic nitrogens is 1. The predicted molar refractivity (Wildman–Crippen MR) is 109 cm³/mol. The largest absolute Gasteiger partial charge is 0.493 e. The second-order valence-electron chi connectivity index (χ2n) is 5.71. The maximum absolute atomic E-state index is 11.2. The average Bonchev–Trinajstić information content (AvgIpc) is 3.22. The first kappa shape index (κ1) is 19.2. The molecule has 3 rings (SSSR count). The lowest BCUT2D eigenvalue weighted by atomic mass is 10.1. The topological polar surface area (TPSA) is 60.5 Å². The molecule has 0 aliphatic heterocycles. The van der Waals surface area contributed by atoms with Gasteiger partial charge in [0, 0.05) is 23.1 Å². The van der Waals surface area contributed by atoms with Gasteiger partial charge in [0.05, 0.1) is 19.9 Å². The van der Waals surface area contributed by atoms with Crippen molar-refractivity contribution in [1.82, 2.24) is 10.3 Å². The van der Waals surface area contributed by atoms with Crippen LogP contribution in [0.2, 0.25) is 0 Å². The zero-order chi connectivity index (χ0) is 19.2. The Bertz CT molecular complexity index is 925. The summed E-state index contributed by atoms with van der Waals surface area (Å²) >= 11 is 7.06. The van der Waals surface area contributed by atoms with Crippen LogP contribution in [0.1, 0.15) is 5.56 Å². The maximum Gasteiger partial charge on any atom is 0.235 e. The number of hydrogen-bond acceptors (Lipinski definition) is 5. The van der Waals surface area contributed by atoms with Gasteiger partial charge in [0.2, 0.25) is 5.91 Å². The third kappa shape index (κ3) is 4.59. The SMILES string of the molecule is COc1ccc(-c2csc(-c3ccc(CNC(=O)CCl)cc3)n2)cc1OC. The van der Waals surface area contributed by atoms with Crippen molar-refractivity contribution < 1.29 is 14.3 Å². The minimum absolute atomic E-state index is 0.0316. The number of ether oxygens (including phenoxy) is 2. The molecule has 0 atom stereocenters. The summed E-state index contributed by atoms with van der Waals surface area (Å²) in [4.78, 5) is 16.0. The number of alkyl halides is 1. The molecule has 0 saturated carbocycles. The Morgan fingerprint density at radius 2 is 1.78 bits per heavy atom. The normalized spacial score (nSPS) is 10.5. The highest BCUT2D eigenvalue weighted by molar-refractivity contribution is 7.13. The summed E-state index contributed by atoms with van der Waals surface area (Å²) in [5.41, 5.74) is 3.89. The Labute approximate surface area is 166 Å². The number of halogens is 1. The van der Waals surface area contributed by atoms with E-state index in [1.807, 2.05) is 47.8 Å². The first-order valence-corrected chi connectivity index (χ1v) is 9.66. The third-order valence-electron chi connectivity index (χ3n) is 4.00. The molecule has 5 nitrogen and oxygen atoms in total. The lowest BCUT2D eigenvalue weighted by molar-refractivity contribution is -0.118. The number of nitrogens with zero attached hydrogens (tertiary/aromatic N) is 1. The molecule has 1 aromatic heterocycles. The number of carbonyl (C=O) groups is 1. The summed E-state index contributed by atoms with van der Waals surface area (Å²) in [7, 11) is 3.23. The van der Waals surface area contributed by atoms with Crippen molar-refractivity contribution in [2.75, 3.05) is 20.1 Å². The molecule has 0 bridgehead atoms. The van der Waals surface area contributed by atoms with Gasteiger partial charge in [-0.25, -0.2) is 4.98 Å². The Morgan fingerprint density at radius 3 is 2.44 bits per heavy atom. The van der Waals surface area contributed by atoms with Crippen LogP contribution in [0.4, 0.5) is 0 Å². The summed E-state index contributed by atoms with van der Waals surface area (Å²) in [6.45, 7) is 0.459. The Morgan fingerprint density at radius 1 is 1.07 bits per heavy atom. The summed E-state index contributed by atoms with van der Waals surface area (Å²) in [5, 5.41) is 5.69. The van der Waals surface area contributed by atoms with Crippen molar-refractivity contribution in [3.63, 3.8) is 0 Å². The molecule has 0 spiro atoms. The maximum atomic E-state index is 11.2. The van der Waals surface area contributed by atoms with E-state index in [9.17, 15) is 4.79 Å². The van der Waals surface area contributed by atoms with Crippen LogP contribution >= 0.6 is 22.9 Å². The molecular weight excluding hydrogens is 384 g/mol. The Hall–Kier alpha value is -2.57. The highest BCUT2D eigenvalue weighted by Crippen LogP contribution is 2.34. The van der Waals surface area contributed by atoms with Crippen LogP contribution < -0.4 is 14.8 Å². The van der Waals surface area contributed by atoms with Gasteiger partial charge >= 0.3 is 0 Å². The number of methoxy groups -OCH3 is 2. The van der Waals surface area contributed by atoms with Gasteiger partial charge in [-0.15, -0.1) is 22.9 Å². The fraction of sp³-hybridized carbons (Fsp3) is 0.200. The zero-order valence-electron chi connectivity index (χ0n) is 15.0. The third-order valence-corrected chi connectivity index (χ3v) is 5.13. The second-order valence-corrected chi connectivity index (χ2v) is 6.84. The van der Waals surface area contributed by atoms with Crippen LogP contribution in [0.3, 0.4) is 0 Å². The average molecular weight is 403 g/mol. The fourth-order valence-electron chi connectivity index (χ4n) is 2.55. The molecule has 0 saturated heterocycles. The predicted octanol–water partition coefficient (Wildman–Crippen LogP) is 4.35. The smallest absolute Gasteiger partial charge is 0.235 e. The monoisotopic (exact) mass is 402 g/mol. The van der Waals surface area contributed by atoms with Crippen molar-refractivity contribution in [1.29, 1.82) is 0 Å². The van der Waals surface area contributed by atoms with E-state index in [1.54, 1.807) is 25.6 Å². The van der Waals surface area contributed by atoms with E-state index in [1.165, 1.54) is 0 Å². The van der Waals surface area contributed by atoms with Crippen LogP contribution in [0.15, 0.2) is 47.8 Å². The molecule has 27 heavy (non-hydrogen) atoms. The minimum atomic E-state index is -0.180. The van der Waals surface area contributed by atoms with Gasteiger partial charge < -0.3 is 14.8 Å². The summed E-state index contributed by atoms with van der Waals surface area (Å²) < 4.78 is 10.6. The lowest BCUT2D eigenvalue weighted by Crippen LogP contribution is -2.23. The molecular formula is C20H19ClN2O3S. The molecule has 1 amide bonds.